The summed E-state index contributed by atoms with van der Waals surface area (Å²) in [4.78, 5) is 2.28. The van der Waals surface area contributed by atoms with Crippen LogP contribution in [0.1, 0.15) is 30.5 Å². The fourth-order valence-electron chi connectivity index (χ4n) is 3.08. The number of rotatable bonds is 11. The van der Waals surface area contributed by atoms with Crippen LogP contribution in [0.15, 0.2) is 29.1 Å². The standard InChI is InChI=1S/C19H31ClN4O2/c1-14-16(6-7-17(18(14)20)26-11-5-10-25-4)19-15(12-22-23-19)13-24(3)9-8-21-2/h6-7,12,14,16,21H,5,8-11,13H2,1-4H3,(H,22,23). The monoisotopic (exact) mass is 382 g/mol. The lowest BCUT2D eigenvalue weighted by atomic mass is 9.85. The molecule has 0 fully saturated rings. The summed E-state index contributed by atoms with van der Waals surface area (Å²) in [5.41, 5.74) is 2.33. The van der Waals surface area contributed by atoms with E-state index in [1.165, 1.54) is 5.56 Å². The van der Waals surface area contributed by atoms with Gasteiger partial charge >= 0.3 is 0 Å². The number of hydrogen-bond donors (Lipinski definition) is 2. The molecule has 1 aliphatic carbocycles. The predicted octanol–water partition coefficient (Wildman–Crippen LogP) is 2.85. The van der Waals surface area contributed by atoms with Gasteiger partial charge in [0.2, 0.25) is 0 Å². The summed E-state index contributed by atoms with van der Waals surface area (Å²) >= 11 is 6.60. The smallest absolute Gasteiger partial charge is 0.133 e. The van der Waals surface area contributed by atoms with Crippen LogP contribution in [0.2, 0.25) is 0 Å². The molecule has 1 aromatic heterocycles. The van der Waals surface area contributed by atoms with Crippen LogP contribution >= 0.6 is 11.6 Å². The fraction of sp³-hybridized carbons (Fsp3) is 0.632. The van der Waals surface area contributed by atoms with Crippen LogP contribution in [-0.4, -0.2) is 62.6 Å². The lowest BCUT2D eigenvalue weighted by molar-refractivity contribution is 0.147. The van der Waals surface area contributed by atoms with Crippen LogP contribution in [-0.2, 0) is 16.0 Å². The number of nitrogens with one attached hydrogen (secondary N) is 2. The molecule has 2 atom stereocenters. The molecular formula is C19H31ClN4O2. The zero-order valence-electron chi connectivity index (χ0n) is 16.2. The molecule has 2 N–H and O–H groups in total. The maximum absolute atomic E-state index is 6.60. The third-order valence-corrected chi connectivity index (χ3v) is 5.18. The Kier molecular flexibility index (Phi) is 8.65. The Bertz CT molecular complexity index is 614. The first-order valence-electron chi connectivity index (χ1n) is 9.13. The van der Waals surface area contributed by atoms with Gasteiger partial charge in [0.05, 0.1) is 17.8 Å². The van der Waals surface area contributed by atoms with E-state index < -0.39 is 0 Å². The number of halogens is 1. The van der Waals surface area contributed by atoms with Crippen molar-refractivity contribution in [3.8, 4) is 0 Å². The van der Waals surface area contributed by atoms with E-state index in [0.717, 1.165) is 42.5 Å². The topological polar surface area (TPSA) is 62.4 Å². The van der Waals surface area contributed by atoms with E-state index in [1.807, 2.05) is 19.3 Å². The molecule has 0 amide bonds. The van der Waals surface area contributed by atoms with Gasteiger partial charge in [0.15, 0.2) is 0 Å². The highest BCUT2D eigenvalue weighted by molar-refractivity contribution is 6.30. The number of aromatic nitrogens is 2. The van der Waals surface area contributed by atoms with Crippen LogP contribution in [0, 0.1) is 5.92 Å². The quantitative estimate of drug-likeness (QED) is 0.576. The molecule has 0 saturated carbocycles. The van der Waals surface area contributed by atoms with E-state index >= 15 is 0 Å². The number of allylic oxidation sites excluding steroid dienone is 3. The van der Waals surface area contributed by atoms with Gasteiger partial charge in [-0.15, -0.1) is 0 Å². The molecule has 0 radical (unpaired) electrons. The van der Waals surface area contributed by atoms with Crippen LogP contribution < -0.4 is 5.32 Å². The second-order valence-corrected chi connectivity index (χ2v) is 7.14. The van der Waals surface area contributed by atoms with Crippen molar-refractivity contribution in [1.29, 1.82) is 0 Å². The molecule has 1 heterocycles. The third-order valence-electron chi connectivity index (χ3n) is 4.65. The van der Waals surface area contributed by atoms with Crippen molar-refractivity contribution < 1.29 is 9.47 Å². The lowest BCUT2D eigenvalue weighted by Crippen LogP contribution is -2.27. The van der Waals surface area contributed by atoms with Gasteiger partial charge in [0.1, 0.15) is 5.76 Å². The van der Waals surface area contributed by atoms with Gasteiger partial charge in [0.25, 0.3) is 0 Å². The van der Waals surface area contributed by atoms with Crippen molar-refractivity contribution in [3.05, 3.63) is 40.4 Å². The third kappa shape index (κ3) is 5.58. The number of likely N-dealkylation sites (N-methyl/N-ethyl adjacent to an activating group) is 2. The summed E-state index contributed by atoms with van der Waals surface area (Å²) in [6.45, 7) is 6.22. The maximum Gasteiger partial charge on any atom is 0.133 e. The van der Waals surface area contributed by atoms with Gasteiger partial charge in [-0.2, -0.15) is 5.10 Å². The van der Waals surface area contributed by atoms with Crippen LogP contribution in [0.4, 0.5) is 0 Å². The average molecular weight is 383 g/mol. The van der Waals surface area contributed by atoms with Crippen molar-refractivity contribution in [1.82, 2.24) is 20.4 Å². The second-order valence-electron chi connectivity index (χ2n) is 6.73. The van der Waals surface area contributed by atoms with Crippen LogP contribution in [0.25, 0.3) is 0 Å². The Balaban J connectivity index is 2.02. The van der Waals surface area contributed by atoms with E-state index in [4.69, 9.17) is 21.1 Å². The molecule has 0 saturated heterocycles. The summed E-state index contributed by atoms with van der Waals surface area (Å²) in [7, 11) is 5.78. The highest BCUT2D eigenvalue weighted by Crippen LogP contribution is 2.39. The molecule has 0 spiro atoms. The van der Waals surface area contributed by atoms with Gasteiger partial charge < -0.3 is 19.7 Å². The Hall–Kier alpha value is -1.34. The molecule has 2 rings (SSSR count). The molecular weight excluding hydrogens is 352 g/mol. The first-order valence-corrected chi connectivity index (χ1v) is 9.51. The molecule has 7 heteroatoms. The number of aromatic amines is 1. The van der Waals surface area contributed by atoms with Crippen molar-refractivity contribution in [2.75, 3.05) is 47.5 Å². The van der Waals surface area contributed by atoms with E-state index in [0.29, 0.717) is 13.2 Å². The molecule has 0 bridgehead atoms. The zero-order chi connectivity index (χ0) is 18.9. The lowest BCUT2D eigenvalue weighted by Gasteiger charge is -2.27. The molecule has 2 unspecified atom stereocenters. The summed E-state index contributed by atoms with van der Waals surface area (Å²) in [6, 6.07) is 0. The Morgan fingerprint density at radius 1 is 1.38 bits per heavy atom. The maximum atomic E-state index is 6.60. The van der Waals surface area contributed by atoms with Crippen LogP contribution in [0.3, 0.4) is 0 Å². The number of methoxy groups -OCH3 is 1. The molecule has 1 aliphatic rings. The van der Waals surface area contributed by atoms with Gasteiger partial charge in [-0.1, -0.05) is 24.6 Å². The number of H-pyrrole nitrogens is 1. The number of ether oxygens (including phenoxy) is 2. The highest BCUT2D eigenvalue weighted by Gasteiger charge is 2.29. The van der Waals surface area contributed by atoms with Crippen molar-refractivity contribution >= 4 is 11.6 Å². The molecule has 0 aromatic carbocycles. The SMILES string of the molecule is CNCCN(C)Cc1cn[nH]c1C1C=CC(OCCCOC)=C(Cl)C1C. The molecule has 6 nitrogen and oxygen atoms in total. The van der Waals surface area contributed by atoms with E-state index in [1.54, 1.807) is 7.11 Å². The Morgan fingerprint density at radius 2 is 2.19 bits per heavy atom. The van der Waals surface area contributed by atoms with Gasteiger partial charge in [-0.05, 0) is 20.2 Å². The first kappa shape index (κ1) is 21.0. The number of hydrogen-bond acceptors (Lipinski definition) is 5. The largest absolute Gasteiger partial charge is 0.492 e. The first-order chi connectivity index (χ1) is 12.6. The molecule has 1 aromatic rings. The fourth-order valence-corrected chi connectivity index (χ4v) is 3.33. The van der Waals surface area contributed by atoms with Gasteiger partial charge in [-0.25, -0.2) is 0 Å². The molecule has 26 heavy (non-hydrogen) atoms. The van der Waals surface area contributed by atoms with Crippen molar-refractivity contribution in [3.63, 3.8) is 0 Å². The van der Waals surface area contributed by atoms with Crippen LogP contribution in [0.5, 0.6) is 0 Å². The summed E-state index contributed by atoms with van der Waals surface area (Å²) in [6.07, 6.45) is 6.90. The van der Waals surface area contributed by atoms with E-state index in [2.05, 4.69) is 40.5 Å². The summed E-state index contributed by atoms with van der Waals surface area (Å²) in [5, 5.41) is 11.4. The summed E-state index contributed by atoms with van der Waals surface area (Å²) < 4.78 is 10.9. The minimum absolute atomic E-state index is 0.140. The predicted molar refractivity (Wildman–Crippen MR) is 105 cm³/mol. The zero-order valence-corrected chi connectivity index (χ0v) is 17.0. The summed E-state index contributed by atoms with van der Waals surface area (Å²) in [5.74, 6) is 1.07. The van der Waals surface area contributed by atoms with E-state index in [-0.39, 0.29) is 11.8 Å². The Morgan fingerprint density at radius 3 is 2.92 bits per heavy atom. The van der Waals surface area contributed by atoms with Gasteiger partial charge in [0, 0.05) is 62.9 Å². The van der Waals surface area contributed by atoms with E-state index in [9.17, 15) is 0 Å². The normalized spacial score (nSPS) is 20.2. The minimum atomic E-state index is 0.140. The molecule has 146 valence electrons. The highest BCUT2D eigenvalue weighted by atomic mass is 35.5. The number of nitrogens with zero attached hydrogens (tertiary/aromatic N) is 2. The second kappa shape index (κ2) is 10.7. The Labute approximate surface area is 161 Å². The van der Waals surface area contributed by atoms with Gasteiger partial charge in [-0.3, -0.25) is 5.10 Å². The van der Waals surface area contributed by atoms with Crippen molar-refractivity contribution in [2.45, 2.75) is 25.8 Å². The minimum Gasteiger partial charge on any atom is -0.492 e. The molecule has 0 aliphatic heterocycles. The average Bonchev–Trinajstić information content (AvgIpc) is 3.08. The van der Waals surface area contributed by atoms with Crippen molar-refractivity contribution in [2.24, 2.45) is 5.92 Å².